The molecule has 6 nitrogen and oxygen atoms in total. The van der Waals surface area contributed by atoms with E-state index < -0.39 is 29.6 Å². The van der Waals surface area contributed by atoms with E-state index >= 15 is 0 Å². The number of fused-ring (bicyclic) bond motifs is 1. The van der Waals surface area contributed by atoms with Crippen LogP contribution in [0, 0.1) is 24.4 Å². The van der Waals surface area contributed by atoms with Crippen molar-refractivity contribution in [3.05, 3.63) is 82.7 Å². The number of rotatable bonds is 4. The Hall–Kier alpha value is -3.59. The number of aliphatic hydroxyl groups is 1. The van der Waals surface area contributed by atoms with E-state index in [1.807, 2.05) is 35.9 Å². The Morgan fingerprint density at radius 3 is 2.56 bits per heavy atom. The number of aryl methyl sites for hydroxylation is 1. The fraction of sp³-hybridized carbons (Fsp3) is 0.333. The first-order chi connectivity index (χ1) is 17.2. The zero-order valence-electron chi connectivity index (χ0n) is 19.9. The molecule has 36 heavy (non-hydrogen) atoms. The number of hydrogen-bond acceptors (Lipinski definition) is 4. The van der Waals surface area contributed by atoms with Crippen LogP contribution < -0.4 is 4.74 Å². The lowest BCUT2D eigenvalue weighted by molar-refractivity contribution is -0.139. The highest BCUT2D eigenvalue weighted by molar-refractivity contribution is 5.99. The molecule has 1 amide bonds. The second-order valence-electron chi connectivity index (χ2n) is 9.37. The number of methoxy groups -OCH3 is 1. The van der Waals surface area contributed by atoms with E-state index in [1.54, 1.807) is 24.4 Å². The largest absolute Gasteiger partial charge is 0.495 e. The van der Waals surface area contributed by atoms with Crippen LogP contribution in [0.15, 0.2) is 48.4 Å². The van der Waals surface area contributed by atoms with Gasteiger partial charge in [0.15, 0.2) is 17.5 Å². The van der Waals surface area contributed by atoms with E-state index in [1.165, 1.54) is 0 Å². The van der Waals surface area contributed by atoms with Crippen molar-refractivity contribution in [2.75, 3.05) is 7.11 Å². The first kappa shape index (κ1) is 24.1. The van der Waals surface area contributed by atoms with Gasteiger partial charge in [-0.1, -0.05) is 6.07 Å². The Bertz CT molecular complexity index is 1330. The first-order valence-corrected chi connectivity index (χ1v) is 11.8. The molecule has 2 fully saturated rings. The summed E-state index contributed by atoms with van der Waals surface area (Å²) in [6.07, 6.45) is 6.24. The molecular formula is C27H26F3N3O3. The van der Waals surface area contributed by atoms with Crippen LogP contribution in [0.1, 0.15) is 48.5 Å². The van der Waals surface area contributed by atoms with Crippen LogP contribution in [0.5, 0.6) is 5.75 Å². The predicted octanol–water partition coefficient (Wildman–Crippen LogP) is 4.88. The maximum absolute atomic E-state index is 14.0. The lowest BCUT2D eigenvalue weighted by atomic mass is 9.82. The van der Waals surface area contributed by atoms with Crippen LogP contribution in [0.25, 0.3) is 11.8 Å². The maximum Gasteiger partial charge on any atom is 0.250 e. The van der Waals surface area contributed by atoms with Gasteiger partial charge in [-0.2, -0.15) is 0 Å². The predicted molar refractivity (Wildman–Crippen MR) is 127 cm³/mol. The average molecular weight is 498 g/mol. The van der Waals surface area contributed by atoms with E-state index in [9.17, 15) is 23.1 Å². The van der Waals surface area contributed by atoms with Gasteiger partial charge in [0.25, 0.3) is 5.91 Å². The summed E-state index contributed by atoms with van der Waals surface area (Å²) in [5.74, 6) is -3.84. The Labute approximate surface area is 206 Å². The number of piperidine rings is 2. The van der Waals surface area contributed by atoms with Crippen LogP contribution in [-0.4, -0.2) is 44.7 Å². The van der Waals surface area contributed by atoms with Crippen LogP contribution >= 0.6 is 0 Å². The Kier molecular flexibility index (Phi) is 6.34. The summed E-state index contributed by atoms with van der Waals surface area (Å²) in [6, 6.07) is 6.37. The molecule has 0 saturated carbocycles. The molecule has 3 atom stereocenters. The fourth-order valence-corrected chi connectivity index (χ4v) is 5.26. The van der Waals surface area contributed by atoms with Crippen molar-refractivity contribution in [3.63, 3.8) is 0 Å². The van der Waals surface area contributed by atoms with Crippen LogP contribution in [-0.2, 0) is 4.79 Å². The molecule has 9 heteroatoms. The molecule has 0 aliphatic carbocycles. The quantitative estimate of drug-likeness (QED) is 0.412. The van der Waals surface area contributed by atoms with Crippen LogP contribution in [0.2, 0.25) is 0 Å². The summed E-state index contributed by atoms with van der Waals surface area (Å²) in [4.78, 5) is 19.4. The van der Waals surface area contributed by atoms with Crippen LogP contribution in [0.4, 0.5) is 13.2 Å². The highest BCUT2D eigenvalue weighted by Gasteiger charge is 2.42. The summed E-state index contributed by atoms with van der Waals surface area (Å²) in [7, 11) is 1.57. The molecule has 2 aromatic carbocycles. The van der Waals surface area contributed by atoms with Gasteiger partial charge in [-0.3, -0.25) is 4.79 Å². The highest BCUT2D eigenvalue weighted by Crippen LogP contribution is 2.41. The number of nitrogens with zero attached hydrogens (tertiary/aromatic N) is 3. The summed E-state index contributed by atoms with van der Waals surface area (Å²) in [6.45, 7) is 1.89. The number of ether oxygens (including phenoxy) is 1. The fourth-order valence-electron chi connectivity index (χ4n) is 5.26. The van der Waals surface area contributed by atoms with Crippen molar-refractivity contribution < 1.29 is 27.8 Å². The van der Waals surface area contributed by atoms with Gasteiger partial charge in [-0.15, -0.1) is 0 Å². The third-order valence-corrected chi connectivity index (χ3v) is 6.95. The number of aliphatic hydroxyl groups excluding tert-OH is 1. The van der Waals surface area contributed by atoms with Gasteiger partial charge in [0.05, 0.1) is 37.0 Å². The number of aromatic nitrogens is 2. The topological polar surface area (TPSA) is 67.6 Å². The second kappa shape index (κ2) is 9.46. The molecule has 0 radical (unpaired) electrons. The second-order valence-corrected chi connectivity index (χ2v) is 9.37. The highest BCUT2D eigenvalue weighted by atomic mass is 19.2. The van der Waals surface area contributed by atoms with Gasteiger partial charge in [0.1, 0.15) is 5.75 Å². The SMILES string of the molecule is COc1cc(C=C2CC[C@H]3C[C@@H](O)C[C@@H](c4cc(F)c(F)c(F)c4)N3C2=O)ccc1-n1cnc(C)c1. The molecule has 188 valence electrons. The van der Waals surface area contributed by atoms with Crippen molar-refractivity contribution in [2.45, 2.75) is 50.8 Å². The molecule has 2 aliphatic rings. The minimum atomic E-state index is -1.56. The lowest BCUT2D eigenvalue weighted by Crippen LogP contribution is -2.52. The van der Waals surface area contributed by atoms with Crippen molar-refractivity contribution in [1.29, 1.82) is 0 Å². The Morgan fingerprint density at radius 2 is 1.89 bits per heavy atom. The molecular weight excluding hydrogens is 471 g/mol. The standard InChI is InChI=1S/C27H26F3N3O3/c1-15-13-32(14-31-15)23-6-3-16(8-25(23)36-2)7-17-4-5-19-11-20(34)12-24(33(19)27(17)35)18-9-21(28)26(30)22(29)10-18/h3,6-10,13-14,19-20,24,34H,4-5,11-12H2,1-2H3/t19-,20+,24-/m0/s1. The average Bonchev–Trinajstić information content (AvgIpc) is 3.29. The first-order valence-electron chi connectivity index (χ1n) is 11.8. The van der Waals surface area contributed by atoms with Gasteiger partial charge in [-0.25, -0.2) is 18.2 Å². The number of carbonyl (C=O) groups is 1. The summed E-state index contributed by atoms with van der Waals surface area (Å²) >= 11 is 0. The number of benzene rings is 2. The smallest absolute Gasteiger partial charge is 0.250 e. The normalized spacial score (nSPS) is 23.2. The Balaban J connectivity index is 1.47. The monoisotopic (exact) mass is 497 g/mol. The molecule has 1 N–H and O–H groups in total. The number of carbonyl (C=O) groups excluding carboxylic acids is 1. The minimum Gasteiger partial charge on any atom is -0.495 e. The lowest BCUT2D eigenvalue weighted by Gasteiger charge is -2.47. The zero-order valence-corrected chi connectivity index (χ0v) is 19.9. The molecule has 5 rings (SSSR count). The molecule has 2 aliphatic heterocycles. The zero-order chi connectivity index (χ0) is 25.6. The van der Waals surface area contributed by atoms with Gasteiger partial charge >= 0.3 is 0 Å². The molecule has 0 unspecified atom stereocenters. The van der Waals surface area contributed by atoms with Crippen molar-refractivity contribution in [2.24, 2.45) is 0 Å². The van der Waals surface area contributed by atoms with Crippen LogP contribution in [0.3, 0.4) is 0 Å². The number of hydrogen-bond donors (Lipinski definition) is 1. The molecule has 0 spiro atoms. The molecule has 3 aromatic rings. The molecule has 0 bridgehead atoms. The van der Waals surface area contributed by atoms with E-state index in [0.29, 0.717) is 30.6 Å². The molecule has 2 saturated heterocycles. The maximum atomic E-state index is 14.0. The number of amides is 1. The van der Waals surface area contributed by atoms with E-state index in [0.717, 1.165) is 29.1 Å². The number of halogens is 3. The van der Waals surface area contributed by atoms with E-state index in [4.69, 9.17) is 4.74 Å². The third kappa shape index (κ3) is 4.39. The Morgan fingerprint density at radius 1 is 1.14 bits per heavy atom. The van der Waals surface area contributed by atoms with Gasteiger partial charge in [0.2, 0.25) is 0 Å². The van der Waals surface area contributed by atoms with Gasteiger partial charge in [-0.05, 0) is 74.1 Å². The van der Waals surface area contributed by atoms with Crippen molar-refractivity contribution in [1.82, 2.24) is 14.5 Å². The molecule has 1 aromatic heterocycles. The minimum absolute atomic E-state index is 0.118. The third-order valence-electron chi connectivity index (χ3n) is 6.95. The van der Waals surface area contributed by atoms with Crippen molar-refractivity contribution in [3.8, 4) is 11.4 Å². The van der Waals surface area contributed by atoms with E-state index in [-0.39, 0.29) is 23.9 Å². The summed E-state index contributed by atoms with van der Waals surface area (Å²) in [5.41, 5.74) is 3.12. The summed E-state index contributed by atoms with van der Waals surface area (Å²) in [5, 5.41) is 10.4. The van der Waals surface area contributed by atoms with Crippen molar-refractivity contribution >= 4 is 12.0 Å². The summed E-state index contributed by atoms with van der Waals surface area (Å²) < 4.78 is 49.0. The molecule has 3 heterocycles. The van der Waals surface area contributed by atoms with Gasteiger partial charge in [0, 0.05) is 17.8 Å². The van der Waals surface area contributed by atoms with E-state index in [2.05, 4.69) is 4.98 Å². The van der Waals surface area contributed by atoms with Gasteiger partial charge < -0.3 is 19.3 Å². The number of imidazole rings is 1.